The van der Waals surface area contributed by atoms with E-state index in [1.165, 1.54) is 12.3 Å². The number of anilines is 1. The summed E-state index contributed by atoms with van der Waals surface area (Å²) in [6, 6.07) is 6.52. The van der Waals surface area contributed by atoms with Gasteiger partial charge in [-0.1, -0.05) is 11.6 Å². The summed E-state index contributed by atoms with van der Waals surface area (Å²) in [7, 11) is 0. The first-order valence-electron chi connectivity index (χ1n) is 5.98. The lowest BCUT2D eigenvalue weighted by molar-refractivity contribution is 0.102. The van der Waals surface area contributed by atoms with Gasteiger partial charge in [-0.2, -0.15) is 0 Å². The molecule has 0 aliphatic rings. The average molecular weight is 314 g/mol. The fraction of sp³-hybridized carbons (Fsp3) is 0.214. The van der Waals surface area contributed by atoms with Crippen LogP contribution < -0.4 is 10.1 Å². The molecule has 1 aromatic carbocycles. The number of halogens is 2. The van der Waals surface area contributed by atoms with Crippen molar-refractivity contribution < 1.29 is 13.9 Å². The fourth-order valence-corrected chi connectivity index (χ4v) is 2.01. The van der Waals surface area contributed by atoms with E-state index < -0.39 is 0 Å². The van der Waals surface area contributed by atoms with Crippen molar-refractivity contribution in [1.29, 1.82) is 0 Å². The van der Waals surface area contributed by atoms with E-state index in [9.17, 15) is 4.79 Å². The number of ether oxygens (including phenoxy) is 1. The molecule has 4 nitrogen and oxygen atoms in total. The summed E-state index contributed by atoms with van der Waals surface area (Å²) in [5, 5.41) is 3.16. The molecular weight excluding hydrogens is 301 g/mol. The summed E-state index contributed by atoms with van der Waals surface area (Å²) in [6.45, 7) is 3.82. The summed E-state index contributed by atoms with van der Waals surface area (Å²) >= 11 is 11.8. The van der Waals surface area contributed by atoms with Gasteiger partial charge in [-0.25, -0.2) is 0 Å². The molecule has 0 bridgehead atoms. The Bertz CT molecular complexity index is 623. The Hall–Kier alpha value is -1.65. The molecule has 20 heavy (non-hydrogen) atoms. The van der Waals surface area contributed by atoms with Crippen LogP contribution in [0.1, 0.15) is 24.2 Å². The summed E-state index contributed by atoms with van der Waals surface area (Å²) in [5.41, 5.74) is 0.818. The number of hydrogen-bond acceptors (Lipinski definition) is 3. The van der Waals surface area contributed by atoms with Gasteiger partial charge in [0.1, 0.15) is 5.75 Å². The van der Waals surface area contributed by atoms with Crippen LogP contribution in [0, 0.1) is 0 Å². The molecule has 0 spiro atoms. The van der Waals surface area contributed by atoms with Gasteiger partial charge < -0.3 is 14.5 Å². The summed E-state index contributed by atoms with van der Waals surface area (Å²) in [4.78, 5) is 11.9. The van der Waals surface area contributed by atoms with Crippen LogP contribution in [0.4, 0.5) is 5.69 Å². The fourth-order valence-electron chi connectivity index (χ4n) is 1.58. The van der Waals surface area contributed by atoms with Crippen molar-refractivity contribution in [2.45, 2.75) is 20.0 Å². The topological polar surface area (TPSA) is 51.5 Å². The molecule has 0 fully saturated rings. The van der Waals surface area contributed by atoms with E-state index in [4.69, 9.17) is 32.4 Å². The monoisotopic (exact) mass is 313 g/mol. The Morgan fingerprint density at radius 3 is 2.60 bits per heavy atom. The molecule has 1 N–H and O–H groups in total. The average Bonchev–Trinajstić information content (AvgIpc) is 2.78. The first-order valence-corrected chi connectivity index (χ1v) is 6.73. The zero-order valence-electron chi connectivity index (χ0n) is 10.9. The zero-order chi connectivity index (χ0) is 14.7. The van der Waals surface area contributed by atoms with E-state index in [0.717, 1.165) is 0 Å². The minimum atomic E-state index is -0.364. The summed E-state index contributed by atoms with van der Waals surface area (Å²) in [5.74, 6) is 0.207. The van der Waals surface area contributed by atoms with E-state index in [0.29, 0.717) is 16.5 Å². The Morgan fingerprint density at radius 2 is 2.05 bits per heavy atom. The minimum absolute atomic E-state index is 0.0256. The van der Waals surface area contributed by atoms with Crippen LogP contribution >= 0.6 is 23.2 Å². The number of furan rings is 1. The molecule has 106 valence electrons. The lowest BCUT2D eigenvalue weighted by atomic mass is 10.2. The maximum Gasteiger partial charge on any atom is 0.260 e. The molecule has 0 radical (unpaired) electrons. The van der Waals surface area contributed by atoms with Gasteiger partial charge in [0.05, 0.1) is 23.0 Å². The Morgan fingerprint density at radius 1 is 1.30 bits per heavy atom. The predicted octanol–water partition coefficient (Wildman–Crippen LogP) is 4.63. The van der Waals surface area contributed by atoms with Crippen molar-refractivity contribution >= 4 is 34.8 Å². The SMILES string of the molecule is CC(C)Oc1ccc(NC(=O)c2ccoc2Cl)cc1Cl. The van der Waals surface area contributed by atoms with Crippen molar-refractivity contribution in [1.82, 2.24) is 0 Å². The van der Waals surface area contributed by atoms with Gasteiger partial charge in [-0.05, 0) is 49.7 Å². The first-order chi connectivity index (χ1) is 9.47. The second kappa shape index (κ2) is 6.20. The second-order valence-corrected chi connectivity index (χ2v) is 5.12. The zero-order valence-corrected chi connectivity index (χ0v) is 12.5. The van der Waals surface area contributed by atoms with Crippen molar-refractivity contribution in [3.05, 3.63) is 46.3 Å². The highest BCUT2D eigenvalue weighted by molar-refractivity contribution is 6.33. The number of benzene rings is 1. The Labute approximate surface area is 126 Å². The molecule has 0 saturated heterocycles. The van der Waals surface area contributed by atoms with E-state index in [-0.39, 0.29) is 22.8 Å². The standard InChI is InChI=1S/C14H13Cl2NO3/c1-8(2)20-12-4-3-9(7-11(12)15)17-14(18)10-5-6-19-13(10)16/h3-8H,1-2H3,(H,17,18). The number of rotatable bonds is 4. The van der Waals surface area contributed by atoms with Gasteiger partial charge in [-0.3, -0.25) is 4.79 Å². The van der Waals surface area contributed by atoms with Crippen LogP contribution in [-0.4, -0.2) is 12.0 Å². The molecule has 0 aliphatic carbocycles. The largest absolute Gasteiger partial charge is 0.489 e. The number of carbonyl (C=O) groups excluding carboxylic acids is 1. The molecule has 2 rings (SSSR count). The molecule has 0 saturated carbocycles. The van der Waals surface area contributed by atoms with Gasteiger partial charge in [-0.15, -0.1) is 0 Å². The van der Waals surface area contributed by atoms with Crippen LogP contribution in [0.25, 0.3) is 0 Å². The van der Waals surface area contributed by atoms with Crippen molar-refractivity contribution in [2.75, 3.05) is 5.32 Å². The van der Waals surface area contributed by atoms with Crippen LogP contribution in [0.5, 0.6) is 5.75 Å². The molecule has 0 unspecified atom stereocenters. The summed E-state index contributed by atoms with van der Waals surface area (Å²) in [6.07, 6.45) is 1.38. The van der Waals surface area contributed by atoms with Gasteiger partial charge >= 0.3 is 0 Å². The molecule has 6 heteroatoms. The third-order valence-corrected chi connectivity index (χ3v) is 3.00. The second-order valence-electron chi connectivity index (χ2n) is 4.37. The van der Waals surface area contributed by atoms with E-state index in [1.54, 1.807) is 18.2 Å². The molecule has 2 aromatic rings. The molecule has 1 amide bonds. The van der Waals surface area contributed by atoms with Gasteiger partial charge in [0, 0.05) is 5.69 Å². The van der Waals surface area contributed by atoms with Crippen LogP contribution in [0.3, 0.4) is 0 Å². The Balaban J connectivity index is 2.13. The van der Waals surface area contributed by atoms with E-state index >= 15 is 0 Å². The highest BCUT2D eigenvalue weighted by Gasteiger charge is 2.14. The normalized spacial score (nSPS) is 10.7. The third-order valence-electron chi connectivity index (χ3n) is 2.42. The highest BCUT2D eigenvalue weighted by Crippen LogP contribution is 2.29. The smallest absolute Gasteiger partial charge is 0.260 e. The molecular formula is C14H13Cl2NO3. The van der Waals surface area contributed by atoms with Gasteiger partial charge in [0.15, 0.2) is 0 Å². The molecule has 1 aromatic heterocycles. The number of carbonyl (C=O) groups is 1. The van der Waals surface area contributed by atoms with Crippen LogP contribution in [0.2, 0.25) is 10.2 Å². The first kappa shape index (κ1) is 14.8. The van der Waals surface area contributed by atoms with Crippen molar-refractivity contribution in [3.8, 4) is 5.75 Å². The lowest BCUT2D eigenvalue weighted by Gasteiger charge is -2.12. The predicted molar refractivity (Wildman–Crippen MR) is 78.9 cm³/mol. The quantitative estimate of drug-likeness (QED) is 0.895. The molecule has 1 heterocycles. The van der Waals surface area contributed by atoms with Crippen LogP contribution in [-0.2, 0) is 0 Å². The Kier molecular flexibility index (Phi) is 4.57. The van der Waals surface area contributed by atoms with Crippen molar-refractivity contribution in [2.24, 2.45) is 0 Å². The van der Waals surface area contributed by atoms with Crippen LogP contribution in [0.15, 0.2) is 34.9 Å². The van der Waals surface area contributed by atoms with E-state index in [2.05, 4.69) is 5.32 Å². The van der Waals surface area contributed by atoms with Gasteiger partial charge in [0.2, 0.25) is 5.22 Å². The lowest BCUT2D eigenvalue weighted by Crippen LogP contribution is -2.11. The van der Waals surface area contributed by atoms with Crippen molar-refractivity contribution in [3.63, 3.8) is 0 Å². The number of hydrogen-bond donors (Lipinski definition) is 1. The van der Waals surface area contributed by atoms with E-state index in [1.807, 2.05) is 13.8 Å². The number of nitrogens with one attached hydrogen (secondary N) is 1. The number of amides is 1. The summed E-state index contributed by atoms with van der Waals surface area (Å²) < 4.78 is 10.4. The maximum absolute atomic E-state index is 11.9. The minimum Gasteiger partial charge on any atom is -0.489 e. The third kappa shape index (κ3) is 3.46. The highest BCUT2D eigenvalue weighted by atomic mass is 35.5. The van der Waals surface area contributed by atoms with Gasteiger partial charge in [0.25, 0.3) is 5.91 Å². The molecule has 0 atom stereocenters. The maximum atomic E-state index is 11.9. The molecule has 0 aliphatic heterocycles.